The first-order chi connectivity index (χ1) is 6.75. The fraction of sp³-hybridized carbons (Fsp3) is 0.222. The van der Waals surface area contributed by atoms with Gasteiger partial charge in [0.05, 0.1) is 11.5 Å². The van der Waals surface area contributed by atoms with Gasteiger partial charge in [-0.05, 0) is 17.5 Å². The summed E-state index contributed by atoms with van der Waals surface area (Å²) in [4.78, 5) is 2.09. The Hall–Kier alpha value is -1.49. The topological polar surface area (TPSA) is 55.3 Å². The molecule has 0 aliphatic heterocycles. The van der Waals surface area contributed by atoms with Crippen LogP contribution in [-0.2, 0) is 6.54 Å². The van der Waals surface area contributed by atoms with E-state index in [1.165, 1.54) is 5.00 Å². The summed E-state index contributed by atoms with van der Waals surface area (Å²) in [5.41, 5.74) is 5.45. The molecule has 74 valence electrons. The minimum absolute atomic E-state index is 0.430. The smallest absolute Gasteiger partial charge is 0.167 e. The minimum Gasteiger partial charge on any atom is -0.381 e. The van der Waals surface area contributed by atoms with Crippen LogP contribution < -0.4 is 10.6 Å². The van der Waals surface area contributed by atoms with E-state index in [9.17, 15) is 0 Å². The van der Waals surface area contributed by atoms with E-state index in [-0.39, 0.29) is 0 Å². The van der Waals surface area contributed by atoms with Crippen molar-refractivity contribution in [3.63, 3.8) is 0 Å². The number of rotatable bonds is 3. The van der Waals surface area contributed by atoms with E-state index >= 15 is 0 Å². The maximum absolute atomic E-state index is 5.45. The third-order valence-corrected chi connectivity index (χ3v) is 2.84. The molecule has 2 heterocycles. The SMILES string of the molecule is CN(Cc1cc(N)no1)c1cccs1. The molecule has 0 aromatic carbocycles. The second-order valence-corrected chi connectivity index (χ2v) is 3.95. The molecule has 0 unspecified atom stereocenters. The second-order valence-electron chi connectivity index (χ2n) is 3.03. The summed E-state index contributed by atoms with van der Waals surface area (Å²) < 4.78 is 5.02. The highest BCUT2D eigenvalue weighted by molar-refractivity contribution is 7.14. The Balaban J connectivity index is 2.05. The zero-order chi connectivity index (χ0) is 9.97. The van der Waals surface area contributed by atoms with Gasteiger partial charge in [0.15, 0.2) is 11.6 Å². The summed E-state index contributed by atoms with van der Waals surface area (Å²) in [6, 6.07) is 5.82. The standard InChI is InChI=1S/C9H11N3OS/c1-12(9-3-2-4-14-9)6-7-5-8(10)11-13-7/h2-5H,6H2,1H3,(H2,10,11). The molecule has 0 saturated carbocycles. The first kappa shape index (κ1) is 9.08. The molecule has 0 saturated heterocycles. The monoisotopic (exact) mass is 209 g/mol. The van der Waals surface area contributed by atoms with Gasteiger partial charge < -0.3 is 15.2 Å². The highest BCUT2D eigenvalue weighted by Crippen LogP contribution is 2.21. The van der Waals surface area contributed by atoms with Gasteiger partial charge in [0.2, 0.25) is 0 Å². The Morgan fingerprint density at radius 3 is 3.07 bits per heavy atom. The number of nitrogens with two attached hydrogens (primary N) is 1. The molecule has 0 atom stereocenters. The van der Waals surface area contributed by atoms with E-state index in [4.69, 9.17) is 10.3 Å². The Bertz CT molecular complexity index is 396. The van der Waals surface area contributed by atoms with Crippen LogP contribution in [0.25, 0.3) is 0 Å². The second kappa shape index (κ2) is 3.71. The molecule has 0 aliphatic carbocycles. The lowest BCUT2D eigenvalue weighted by molar-refractivity contribution is 0.386. The molecular weight excluding hydrogens is 198 g/mol. The van der Waals surface area contributed by atoms with Crippen LogP contribution in [-0.4, -0.2) is 12.2 Å². The maximum Gasteiger partial charge on any atom is 0.167 e. The van der Waals surface area contributed by atoms with Gasteiger partial charge in [0.1, 0.15) is 0 Å². The van der Waals surface area contributed by atoms with Crippen molar-refractivity contribution in [3.8, 4) is 0 Å². The van der Waals surface area contributed by atoms with Crippen LogP contribution in [0.3, 0.4) is 0 Å². The molecule has 0 radical (unpaired) electrons. The summed E-state index contributed by atoms with van der Waals surface area (Å²) in [5, 5.41) is 6.87. The molecule has 4 nitrogen and oxygen atoms in total. The number of hydrogen-bond acceptors (Lipinski definition) is 5. The summed E-state index contributed by atoms with van der Waals surface area (Å²) in [5.74, 6) is 1.21. The van der Waals surface area contributed by atoms with E-state index in [1.807, 2.05) is 18.5 Å². The molecule has 0 spiro atoms. The van der Waals surface area contributed by atoms with Crippen molar-refractivity contribution in [2.45, 2.75) is 6.54 Å². The normalized spacial score (nSPS) is 10.4. The first-order valence-corrected chi connectivity index (χ1v) is 5.09. The largest absolute Gasteiger partial charge is 0.381 e. The Kier molecular flexibility index (Phi) is 2.41. The summed E-state index contributed by atoms with van der Waals surface area (Å²) >= 11 is 1.69. The molecule has 0 fully saturated rings. The van der Waals surface area contributed by atoms with Crippen molar-refractivity contribution in [2.75, 3.05) is 17.7 Å². The number of thiophene rings is 1. The Labute approximate surface area is 85.9 Å². The fourth-order valence-corrected chi connectivity index (χ4v) is 1.90. The molecule has 2 aromatic heterocycles. The maximum atomic E-state index is 5.45. The zero-order valence-electron chi connectivity index (χ0n) is 7.80. The molecule has 2 aromatic rings. The number of nitrogens with zero attached hydrogens (tertiary/aromatic N) is 2. The van der Waals surface area contributed by atoms with Crippen LogP contribution in [0.2, 0.25) is 0 Å². The van der Waals surface area contributed by atoms with Crippen molar-refractivity contribution in [2.24, 2.45) is 0 Å². The third kappa shape index (κ3) is 1.88. The van der Waals surface area contributed by atoms with Crippen LogP contribution in [0.1, 0.15) is 5.76 Å². The van der Waals surface area contributed by atoms with Crippen molar-refractivity contribution in [1.82, 2.24) is 5.16 Å². The van der Waals surface area contributed by atoms with Gasteiger partial charge in [-0.3, -0.25) is 0 Å². The highest BCUT2D eigenvalue weighted by Gasteiger charge is 2.06. The quantitative estimate of drug-likeness (QED) is 0.839. The molecular formula is C9H11N3OS. The van der Waals surface area contributed by atoms with Gasteiger partial charge in [-0.2, -0.15) is 0 Å². The van der Waals surface area contributed by atoms with Crippen molar-refractivity contribution in [3.05, 3.63) is 29.3 Å². The van der Waals surface area contributed by atoms with E-state index in [2.05, 4.69) is 16.1 Å². The summed E-state index contributed by atoms with van der Waals surface area (Å²) in [6.45, 7) is 0.685. The number of aromatic nitrogens is 1. The zero-order valence-corrected chi connectivity index (χ0v) is 8.62. The summed E-state index contributed by atoms with van der Waals surface area (Å²) in [7, 11) is 2.00. The van der Waals surface area contributed by atoms with Crippen LogP contribution in [0, 0.1) is 0 Å². The predicted molar refractivity (Wildman–Crippen MR) is 57.3 cm³/mol. The van der Waals surface area contributed by atoms with Gasteiger partial charge in [0.25, 0.3) is 0 Å². The lowest BCUT2D eigenvalue weighted by Gasteiger charge is -2.14. The van der Waals surface area contributed by atoms with Gasteiger partial charge in [-0.15, -0.1) is 11.3 Å². The molecule has 0 aliphatic rings. The van der Waals surface area contributed by atoms with Crippen LogP contribution in [0.4, 0.5) is 10.8 Å². The van der Waals surface area contributed by atoms with E-state index in [0.717, 1.165) is 5.76 Å². The number of nitrogen functional groups attached to an aromatic ring is 1. The average molecular weight is 209 g/mol. The van der Waals surface area contributed by atoms with Crippen LogP contribution in [0.15, 0.2) is 28.1 Å². The molecule has 5 heteroatoms. The van der Waals surface area contributed by atoms with Gasteiger partial charge in [0, 0.05) is 13.1 Å². The van der Waals surface area contributed by atoms with E-state index in [0.29, 0.717) is 12.4 Å². The van der Waals surface area contributed by atoms with Crippen LogP contribution in [0.5, 0.6) is 0 Å². The van der Waals surface area contributed by atoms with Crippen molar-refractivity contribution < 1.29 is 4.52 Å². The lowest BCUT2D eigenvalue weighted by Crippen LogP contribution is -2.14. The highest BCUT2D eigenvalue weighted by atomic mass is 32.1. The Morgan fingerprint density at radius 1 is 1.64 bits per heavy atom. The van der Waals surface area contributed by atoms with Crippen molar-refractivity contribution >= 4 is 22.2 Å². The first-order valence-electron chi connectivity index (χ1n) is 4.21. The molecule has 14 heavy (non-hydrogen) atoms. The third-order valence-electron chi connectivity index (χ3n) is 1.85. The fourth-order valence-electron chi connectivity index (χ4n) is 1.20. The van der Waals surface area contributed by atoms with Crippen LogP contribution >= 0.6 is 11.3 Å². The van der Waals surface area contributed by atoms with E-state index in [1.54, 1.807) is 17.4 Å². The molecule has 2 N–H and O–H groups in total. The van der Waals surface area contributed by atoms with Gasteiger partial charge >= 0.3 is 0 Å². The molecule has 0 amide bonds. The average Bonchev–Trinajstić information content (AvgIpc) is 2.75. The molecule has 2 rings (SSSR count). The Morgan fingerprint density at radius 2 is 2.50 bits per heavy atom. The van der Waals surface area contributed by atoms with Gasteiger partial charge in [-0.1, -0.05) is 5.16 Å². The lowest BCUT2D eigenvalue weighted by atomic mass is 10.4. The molecule has 0 bridgehead atoms. The number of hydrogen-bond donors (Lipinski definition) is 1. The predicted octanol–water partition coefficient (Wildman–Crippen LogP) is 1.95. The van der Waals surface area contributed by atoms with E-state index < -0.39 is 0 Å². The minimum atomic E-state index is 0.430. The van der Waals surface area contributed by atoms with Crippen molar-refractivity contribution in [1.29, 1.82) is 0 Å². The number of anilines is 2. The van der Waals surface area contributed by atoms with Gasteiger partial charge in [-0.25, -0.2) is 0 Å². The summed E-state index contributed by atoms with van der Waals surface area (Å²) in [6.07, 6.45) is 0.